The predicted molar refractivity (Wildman–Crippen MR) is 245 cm³/mol. The Bertz CT molecular complexity index is 3010. The lowest BCUT2D eigenvalue weighted by atomic mass is 9.92. The molecule has 0 radical (unpaired) electrons. The van der Waals surface area contributed by atoms with Crippen LogP contribution in [0.2, 0.25) is 0 Å². The number of aryl methyl sites for hydroxylation is 1. The van der Waals surface area contributed by atoms with Crippen LogP contribution < -0.4 is 0 Å². The number of rotatable bonds is 9. The molecule has 0 unspecified atom stereocenters. The summed E-state index contributed by atoms with van der Waals surface area (Å²) >= 11 is 1.87. The van der Waals surface area contributed by atoms with Crippen LogP contribution >= 0.6 is 11.3 Å². The Hall–Kier alpha value is -6.61. The molecule has 0 N–H and O–H groups in total. The van der Waals surface area contributed by atoms with Gasteiger partial charge in [-0.15, -0.1) is 11.3 Å². The van der Waals surface area contributed by atoms with E-state index in [0.29, 0.717) is 0 Å². The molecule has 0 aliphatic heterocycles. The summed E-state index contributed by atoms with van der Waals surface area (Å²) in [6, 6.07) is 53.0. The van der Waals surface area contributed by atoms with Gasteiger partial charge in [-0.3, -0.25) is 4.98 Å². The molecule has 7 aromatic carbocycles. The van der Waals surface area contributed by atoms with Gasteiger partial charge in [-0.1, -0.05) is 164 Å². The Labute approximate surface area is 333 Å². The second-order valence-corrected chi connectivity index (χ2v) is 15.5. The van der Waals surface area contributed by atoms with Gasteiger partial charge in [0.05, 0.1) is 5.69 Å². The smallest absolute Gasteiger partial charge is 0.0708 e. The molecule has 2 heterocycles. The van der Waals surface area contributed by atoms with E-state index >= 15 is 0 Å². The van der Waals surface area contributed by atoms with Crippen molar-refractivity contribution in [1.29, 1.82) is 0 Å². The molecule has 0 saturated heterocycles. The maximum atomic E-state index is 4.86. The Morgan fingerprint density at radius 2 is 1.30 bits per heavy atom. The van der Waals surface area contributed by atoms with E-state index < -0.39 is 0 Å². The van der Waals surface area contributed by atoms with E-state index in [1.807, 2.05) is 29.7 Å². The summed E-state index contributed by atoms with van der Waals surface area (Å²) in [5.41, 5.74) is 11.9. The zero-order valence-electron chi connectivity index (χ0n) is 31.7. The largest absolute Gasteiger partial charge is 0.256 e. The first-order chi connectivity index (χ1) is 27.6. The third-order valence-corrected chi connectivity index (χ3v) is 12.0. The molecule has 0 aliphatic carbocycles. The molecule has 0 atom stereocenters. The quantitative estimate of drug-likeness (QED) is 0.106. The Kier molecular flexibility index (Phi) is 9.57. The van der Waals surface area contributed by atoms with Gasteiger partial charge in [0.1, 0.15) is 0 Å². The molecule has 9 aromatic rings. The van der Waals surface area contributed by atoms with Crippen molar-refractivity contribution in [1.82, 2.24) is 4.98 Å². The Morgan fingerprint density at radius 3 is 2.07 bits per heavy atom. The summed E-state index contributed by atoms with van der Waals surface area (Å²) < 4.78 is 1.33. The molecule has 0 spiro atoms. The number of hydrogen-bond donors (Lipinski definition) is 0. The molecular formula is C54H41NS. The van der Waals surface area contributed by atoms with Gasteiger partial charge in [0.25, 0.3) is 0 Å². The van der Waals surface area contributed by atoms with Crippen molar-refractivity contribution in [3.63, 3.8) is 0 Å². The number of allylic oxidation sites excluding steroid dienone is 6. The summed E-state index contributed by atoms with van der Waals surface area (Å²) in [5, 5.41) is 8.94. The van der Waals surface area contributed by atoms with Crippen LogP contribution in [0.3, 0.4) is 0 Å². The number of aromatic nitrogens is 1. The van der Waals surface area contributed by atoms with E-state index in [1.165, 1.54) is 86.2 Å². The van der Waals surface area contributed by atoms with Crippen molar-refractivity contribution in [2.75, 3.05) is 0 Å². The fourth-order valence-electron chi connectivity index (χ4n) is 8.12. The maximum absolute atomic E-state index is 4.86. The first-order valence-corrected chi connectivity index (χ1v) is 20.0. The molecule has 2 heteroatoms. The van der Waals surface area contributed by atoms with Crippen molar-refractivity contribution < 1.29 is 0 Å². The van der Waals surface area contributed by atoms with Gasteiger partial charge in [0.2, 0.25) is 0 Å². The number of thiophene rings is 1. The highest BCUT2D eigenvalue weighted by Crippen LogP contribution is 2.40. The van der Waals surface area contributed by atoms with Gasteiger partial charge < -0.3 is 0 Å². The molecular weight excluding hydrogens is 695 g/mol. The molecule has 0 bridgehead atoms. The van der Waals surface area contributed by atoms with Crippen molar-refractivity contribution in [3.8, 4) is 33.5 Å². The predicted octanol–water partition coefficient (Wildman–Crippen LogP) is 15.5. The average Bonchev–Trinajstić information content (AvgIpc) is 3.59. The molecule has 0 saturated carbocycles. The maximum Gasteiger partial charge on any atom is 0.0708 e. The monoisotopic (exact) mass is 735 g/mol. The van der Waals surface area contributed by atoms with Crippen molar-refractivity contribution in [2.24, 2.45) is 0 Å². The third kappa shape index (κ3) is 6.59. The van der Waals surface area contributed by atoms with Gasteiger partial charge in [-0.05, 0) is 121 Å². The Morgan fingerprint density at radius 1 is 0.625 bits per heavy atom. The molecule has 1 nitrogen and oxygen atoms in total. The lowest BCUT2D eigenvalue weighted by Crippen LogP contribution is -1.89. The van der Waals surface area contributed by atoms with Crippen LogP contribution in [0, 0.1) is 6.92 Å². The number of pyridine rings is 1. The van der Waals surface area contributed by atoms with E-state index in [9.17, 15) is 0 Å². The summed E-state index contributed by atoms with van der Waals surface area (Å²) in [6.07, 6.45) is 15.6. The summed E-state index contributed by atoms with van der Waals surface area (Å²) in [4.78, 5) is 6.18. The van der Waals surface area contributed by atoms with Crippen LogP contribution in [-0.4, -0.2) is 4.98 Å². The van der Waals surface area contributed by atoms with Gasteiger partial charge in [0, 0.05) is 26.7 Å². The van der Waals surface area contributed by atoms with Gasteiger partial charge in [0.15, 0.2) is 0 Å². The minimum Gasteiger partial charge on any atom is -0.256 e. The highest BCUT2D eigenvalue weighted by Gasteiger charge is 2.13. The van der Waals surface area contributed by atoms with E-state index in [-0.39, 0.29) is 0 Å². The molecule has 0 aliphatic rings. The molecule has 0 fully saturated rings. The number of nitrogens with zero attached hydrogens (tertiary/aromatic N) is 1. The number of fused-ring (bicyclic) bond motifs is 7. The van der Waals surface area contributed by atoms with Crippen molar-refractivity contribution in [2.45, 2.75) is 20.3 Å². The van der Waals surface area contributed by atoms with Gasteiger partial charge in [-0.2, -0.15) is 0 Å². The molecule has 268 valence electrons. The highest BCUT2D eigenvalue weighted by molar-refractivity contribution is 7.20. The van der Waals surface area contributed by atoms with E-state index in [1.54, 1.807) is 0 Å². The zero-order chi connectivity index (χ0) is 38.0. The topological polar surface area (TPSA) is 12.9 Å². The van der Waals surface area contributed by atoms with Gasteiger partial charge >= 0.3 is 0 Å². The van der Waals surface area contributed by atoms with Crippen LogP contribution in [0.4, 0.5) is 0 Å². The van der Waals surface area contributed by atoms with E-state index in [2.05, 4.69) is 190 Å². The fourth-order valence-corrected chi connectivity index (χ4v) is 9.29. The van der Waals surface area contributed by atoms with Crippen LogP contribution in [0.25, 0.3) is 87.6 Å². The van der Waals surface area contributed by atoms with Gasteiger partial charge in [-0.25, -0.2) is 0 Å². The minimum atomic E-state index is 0.849. The molecule has 9 rings (SSSR count). The normalized spacial score (nSPS) is 12.2. The van der Waals surface area contributed by atoms with Crippen LogP contribution in [0.1, 0.15) is 28.5 Å². The molecule has 2 aromatic heterocycles. The zero-order valence-corrected chi connectivity index (χ0v) is 32.5. The summed E-state index contributed by atoms with van der Waals surface area (Å²) in [5.74, 6) is 0. The third-order valence-electron chi connectivity index (χ3n) is 10.9. The first kappa shape index (κ1) is 35.1. The lowest BCUT2D eigenvalue weighted by Gasteiger charge is -2.12. The van der Waals surface area contributed by atoms with Crippen molar-refractivity contribution >= 4 is 65.4 Å². The van der Waals surface area contributed by atoms with Crippen LogP contribution in [-0.2, 0) is 6.42 Å². The Balaban J connectivity index is 0.971. The molecule has 0 amide bonds. The average molecular weight is 736 g/mol. The number of hydrogen-bond acceptors (Lipinski definition) is 2. The van der Waals surface area contributed by atoms with E-state index in [4.69, 9.17) is 4.98 Å². The van der Waals surface area contributed by atoms with Crippen LogP contribution in [0.15, 0.2) is 189 Å². The summed E-state index contributed by atoms with van der Waals surface area (Å²) in [6.45, 7) is 8.18. The van der Waals surface area contributed by atoms with E-state index in [0.717, 1.165) is 23.2 Å². The van der Waals surface area contributed by atoms with Crippen molar-refractivity contribution in [3.05, 3.63) is 210 Å². The second kappa shape index (κ2) is 15.3. The minimum absolute atomic E-state index is 0.849. The van der Waals surface area contributed by atoms with Crippen LogP contribution in [0.5, 0.6) is 0 Å². The first-order valence-electron chi connectivity index (χ1n) is 19.2. The molecule has 56 heavy (non-hydrogen) atoms. The fraction of sp³-hybridized carbons (Fsp3) is 0.0556. The second-order valence-electron chi connectivity index (χ2n) is 14.3. The lowest BCUT2D eigenvalue weighted by molar-refractivity contribution is 1.27. The SMILES string of the molecule is C=C/C=C\c1c(C)sc2c(-c3cccc(C/C=C\C(=C/C)c4cccc(-c5ccnc(-c6ccc7c8ccccc8c8ccccc8c7c6)c5)c4)c3)cccc12. The standard InChI is InChI=1S/C54H41NS/c1-4-6-21-44-36(3)56-54-45(26-14-27-51(44)54)42-20-12-16-37(32-42)15-11-17-38(5-2)39-18-13-19-40(33-39)41-30-31-55-53(35-41)43-28-29-50-48-24-8-7-22-46(48)47-23-9-10-25-49(47)52(50)34-43/h4-14,16-35H,1,15H2,2-3H3/b17-11-,21-6-,38-5+. The summed E-state index contributed by atoms with van der Waals surface area (Å²) in [7, 11) is 0. The number of benzene rings is 7. The highest BCUT2D eigenvalue weighted by atomic mass is 32.1.